The minimum atomic E-state index is -3.76. The average molecular weight is 288 g/mol. The summed E-state index contributed by atoms with van der Waals surface area (Å²) < 4.78 is 22.7. The highest BCUT2D eigenvalue weighted by molar-refractivity contribution is 7.98. The van der Waals surface area contributed by atoms with Gasteiger partial charge in [0.1, 0.15) is 0 Å². The Balaban J connectivity index is 2.90. The molecular weight excluding hydrogens is 272 g/mol. The van der Waals surface area contributed by atoms with Crippen molar-refractivity contribution in [1.82, 2.24) is 0 Å². The lowest BCUT2D eigenvalue weighted by atomic mass is 10.2. The number of rotatable bonds is 5. The standard InChI is InChI=1S/C11H16N2O3S2/c1-8-3-4-9(7-10(8)18(12,15)16)13-11(14)5-6-17-2/h3-4,7H,5-6H2,1-2H3,(H,13,14)(H2,12,15,16). The number of amides is 1. The lowest BCUT2D eigenvalue weighted by Crippen LogP contribution is -2.16. The summed E-state index contributed by atoms with van der Waals surface area (Å²) >= 11 is 1.57. The Morgan fingerprint density at radius 1 is 1.44 bits per heavy atom. The summed E-state index contributed by atoms with van der Waals surface area (Å²) in [6.45, 7) is 1.65. The Bertz CT molecular complexity index is 541. The van der Waals surface area contributed by atoms with Gasteiger partial charge in [0, 0.05) is 17.9 Å². The second-order valence-corrected chi connectivity index (χ2v) is 6.33. The van der Waals surface area contributed by atoms with Crippen molar-refractivity contribution in [2.24, 2.45) is 5.14 Å². The van der Waals surface area contributed by atoms with Crippen molar-refractivity contribution in [3.8, 4) is 0 Å². The molecule has 100 valence electrons. The molecule has 1 aromatic carbocycles. The molecule has 5 nitrogen and oxygen atoms in total. The summed E-state index contributed by atoms with van der Waals surface area (Å²) in [5.41, 5.74) is 0.996. The number of hydrogen-bond donors (Lipinski definition) is 2. The SMILES string of the molecule is CSCCC(=O)Nc1ccc(C)c(S(N)(=O)=O)c1. The molecule has 1 aromatic rings. The van der Waals surface area contributed by atoms with E-state index >= 15 is 0 Å². The number of nitrogens with one attached hydrogen (secondary N) is 1. The summed E-state index contributed by atoms with van der Waals surface area (Å²) in [6.07, 6.45) is 2.30. The van der Waals surface area contributed by atoms with E-state index in [-0.39, 0.29) is 10.8 Å². The normalized spacial score (nSPS) is 11.3. The van der Waals surface area contributed by atoms with E-state index in [1.165, 1.54) is 6.07 Å². The summed E-state index contributed by atoms with van der Waals surface area (Å²) in [7, 11) is -3.76. The fourth-order valence-electron chi connectivity index (χ4n) is 1.40. The van der Waals surface area contributed by atoms with Gasteiger partial charge in [0.15, 0.2) is 0 Å². The number of benzene rings is 1. The molecule has 7 heteroatoms. The smallest absolute Gasteiger partial charge is 0.238 e. The quantitative estimate of drug-likeness (QED) is 0.855. The van der Waals surface area contributed by atoms with Crippen molar-refractivity contribution in [3.05, 3.63) is 23.8 Å². The Hall–Kier alpha value is -1.05. The van der Waals surface area contributed by atoms with Crippen molar-refractivity contribution < 1.29 is 13.2 Å². The highest BCUT2D eigenvalue weighted by atomic mass is 32.2. The third-order valence-electron chi connectivity index (χ3n) is 2.31. The van der Waals surface area contributed by atoms with E-state index in [2.05, 4.69) is 5.32 Å². The largest absolute Gasteiger partial charge is 0.326 e. The molecule has 0 aliphatic rings. The predicted molar refractivity (Wildman–Crippen MR) is 74.2 cm³/mol. The minimum Gasteiger partial charge on any atom is -0.326 e. The molecule has 3 N–H and O–H groups in total. The first-order valence-corrected chi connectivity index (χ1v) is 8.21. The molecule has 0 spiro atoms. The van der Waals surface area contributed by atoms with Gasteiger partial charge >= 0.3 is 0 Å². The van der Waals surface area contributed by atoms with Crippen LogP contribution >= 0.6 is 11.8 Å². The molecule has 0 saturated carbocycles. The molecule has 0 bridgehead atoms. The summed E-state index contributed by atoms with van der Waals surface area (Å²) in [6, 6.07) is 4.65. The molecular formula is C11H16N2O3S2. The maximum absolute atomic E-state index is 11.5. The maximum Gasteiger partial charge on any atom is 0.238 e. The highest BCUT2D eigenvalue weighted by Gasteiger charge is 2.12. The number of sulfonamides is 1. The van der Waals surface area contributed by atoms with Crippen molar-refractivity contribution in [2.75, 3.05) is 17.3 Å². The number of hydrogen-bond acceptors (Lipinski definition) is 4. The van der Waals surface area contributed by atoms with Gasteiger partial charge in [-0.15, -0.1) is 0 Å². The van der Waals surface area contributed by atoms with Crippen LogP contribution in [0.2, 0.25) is 0 Å². The van der Waals surface area contributed by atoms with Crippen LogP contribution in [0.25, 0.3) is 0 Å². The van der Waals surface area contributed by atoms with Crippen LogP contribution in [-0.2, 0) is 14.8 Å². The number of aryl methyl sites for hydroxylation is 1. The van der Waals surface area contributed by atoms with Gasteiger partial charge in [-0.05, 0) is 30.9 Å². The molecule has 1 amide bonds. The number of nitrogens with two attached hydrogens (primary N) is 1. The Morgan fingerprint density at radius 3 is 2.67 bits per heavy atom. The molecule has 0 heterocycles. The van der Waals surface area contributed by atoms with E-state index in [9.17, 15) is 13.2 Å². The molecule has 0 aliphatic heterocycles. The molecule has 18 heavy (non-hydrogen) atoms. The molecule has 1 rings (SSSR count). The maximum atomic E-state index is 11.5. The van der Waals surface area contributed by atoms with E-state index < -0.39 is 10.0 Å². The number of carbonyl (C=O) groups is 1. The lowest BCUT2D eigenvalue weighted by molar-refractivity contribution is -0.115. The van der Waals surface area contributed by atoms with Crippen LogP contribution in [0.4, 0.5) is 5.69 Å². The topological polar surface area (TPSA) is 89.3 Å². The van der Waals surface area contributed by atoms with Crippen molar-refractivity contribution >= 4 is 33.4 Å². The number of thioether (sulfide) groups is 1. The van der Waals surface area contributed by atoms with Crippen LogP contribution in [0.5, 0.6) is 0 Å². The van der Waals surface area contributed by atoms with Gasteiger partial charge < -0.3 is 5.32 Å². The van der Waals surface area contributed by atoms with Gasteiger partial charge in [-0.3, -0.25) is 4.79 Å². The van der Waals surface area contributed by atoms with E-state index in [1.54, 1.807) is 30.8 Å². The van der Waals surface area contributed by atoms with Crippen molar-refractivity contribution in [3.63, 3.8) is 0 Å². The van der Waals surface area contributed by atoms with Gasteiger partial charge in [0.05, 0.1) is 4.90 Å². The van der Waals surface area contributed by atoms with E-state index in [0.717, 1.165) is 5.75 Å². The van der Waals surface area contributed by atoms with Crippen LogP contribution in [-0.4, -0.2) is 26.3 Å². The second kappa shape index (κ2) is 6.21. The molecule has 0 saturated heterocycles. The van der Waals surface area contributed by atoms with Gasteiger partial charge in [-0.25, -0.2) is 13.6 Å². The monoisotopic (exact) mass is 288 g/mol. The Kier molecular flexibility index (Phi) is 5.18. The second-order valence-electron chi connectivity index (χ2n) is 3.82. The first kappa shape index (κ1) is 15.0. The third-order valence-corrected chi connectivity index (χ3v) is 3.98. The molecule has 0 aliphatic carbocycles. The highest BCUT2D eigenvalue weighted by Crippen LogP contribution is 2.19. The Morgan fingerprint density at radius 2 is 2.11 bits per heavy atom. The van der Waals surface area contributed by atoms with Crippen LogP contribution in [0.3, 0.4) is 0 Å². The number of carbonyl (C=O) groups excluding carboxylic acids is 1. The zero-order valence-electron chi connectivity index (χ0n) is 10.3. The van der Waals surface area contributed by atoms with Crippen molar-refractivity contribution in [2.45, 2.75) is 18.2 Å². The van der Waals surface area contributed by atoms with Crippen LogP contribution in [0.15, 0.2) is 23.1 Å². The van der Waals surface area contributed by atoms with Gasteiger partial charge in [0.25, 0.3) is 0 Å². The molecule has 0 fully saturated rings. The van der Waals surface area contributed by atoms with E-state index in [1.807, 2.05) is 6.26 Å². The summed E-state index contributed by atoms with van der Waals surface area (Å²) in [4.78, 5) is 11.5. The Labute approximate surface area is 111 Å². The molecule has 0 atom stereocenters. The van der Waals surface area contributed by atoms with Crippen molar-refractivity contribution in [1.29, 1.82) is 0 Å². The predicted octanol–water partition coefficient (Wildman–Crippen LogP) is 1.33. The summed E-state index contributed by atoms with van der Waals surface area (Å²) in [5.74, 6) is 0.577. The van der Waals surface area contributed by atoms with Gasteiger partial charge in [-0.1, -0.05) is 6.07 Å². The first-order valence-electron chi connectivity index (χ1n) is 5.27. The average Bonchev–Trinajstić information content (AvgIpc) is 2.27. The molecule has 0 unspecified atom stereocenters. The van der Waals surface area contributed by atoms with Crippen LogP contribution in [0.1, 0.15) is 12.0 Å². The third kappa shape index (κ3) is 4.32. The lowest BCUT2D eigenvalue weighted by Gasteiger charge is -2.08. The number of anilines is 1. The van der Waals surface area contributed by atoms with E-state index in [0.29, 0.717) is 17.7 Å². The summed E-state index contributed by atoms with van der Waals surface area (Å²) in [5, 5.41) is 7.74. The molecule has 0 aromatic heterocycles. The molecule has 0 radical (unpaired) electrons. The zero-order valence-corrected chi connectivity index (χ0v) is 11.9. The van der Waals surface area contributed by atoms with Crippen LogP contribution < -0.4 is 10.5 Å². The van der Waals surface area contributed by atoms with Gasteiger partial charge in [0.2, 0.25) is 15.9 Å². The first-order chi connectivity index (χ1) is 8.34. The van der Waals surface area contributed by atoms with E-state index in [4.69, 9.17) is 5.14 Å². The number of primary sulfonamides is 1. The zero-order chi connectivity index (χ0) is 13.8. The fourth-order valence-corrected chi connectivity index (χ4v) is 2.60. The van der Waals surface area contributed by atoms with Gasteiger partial charge in [-0.2, -0.15) is 11.8 Å². The van der Waals surface area contributed by atoms with Crippen LogP contribution in [0, 0.1) is 6.92 Å². The minimum absolute atomic E-state index is 0.0326. The fraction of sp³-hybridized carbons (Fsp3) is 0.364.